The third-order valence-corrected chi connectivity index (χ3v) is 2.72. The first-order valence-electron chi connectivity index (χ1n) is 5.88. The van der Waals surface area contributed by atoms with E-state index in [-0.39, 0.29) is 6.03 Å². The van der Waals surface area contributed by atoms with Gasteiger partial charge in [-0.1, -0.05) is 18.0 Å². The van der Waals surface area contributed by atoms with Gasteiger partial charge in [-0.3, -0.25) is 0 Å². The van der Waals surface area contributed by atoms with Crippen LogP contribution in [-0.4, -0.2) is 25.2 Å². The first-order valence-corrected chi connectivity index (χ1v) is 5.88. The van der Waals surface area contributed by atoms with Crippen molar-refractivity contribution in [3.05, 3.63) is 10.4 Å². The maximum absolute atomic E-state index is 11.4. The summed E-state index contributed by atoms with van der Waals surface area (Å²) >= 11 is 0. The lowest BCUT2D eigenvalue weighted by Gasteiger charge is -2.12. The minimum atomic E-state index is -0.0734. The molecule has 0 heterocycles. The van der Waals surface area contributed by atoms with Gasteiger partial charge in [0.05, 0.1) is 0 Å². The fourth-order valence-corrected chi connectivity index (χ4v) is 1.86. The number of rotatable bonds is 6. The van der Waals surface area contributed by atoms with Gasteiger partial charge < -0.3 is 10.6 Å². The van der Waals surface area contributed by atoms with Gasteiger partial charge in [0.25, 0.3) is 0 Å². The van der Waals surface area contributed by atoms with Crippen LogP contribution >= 0.6 is 0 Å². The molecule has 2 amide bonds. The largest absolute Gasteiger partial charge is 0.338 e. The van der Waals surface area contributed by atoms with E-state index in [1.165, 1.54) is 12.8 Å². The molecule has 2 N–H and O–H groups in total. The minimum Gasteiger partial charge on any atom is -0.338 e. The van der Waals surface area contributed by atoms with Crippen LogP contribution in [0.25, 0.3) is 10.4 Å². The quantitative estimate of drug-likeness (QED) is 0.309. The van der Waals surface area contributed by atoms with Crippen LogP contribution < -0.4 is 10.6 Å². The fourth-order valence-electron chi connectivity index (χ4n) is 1.86. The molecule has 0 unspecified atom stereocenters. The van der Waals surface area contributed by atoms with E-state index in [0.29, 0.717) is 19.1 Å². The molecule has 0 aromatic heterocycles. The van der Waals surface area contributed by atoms with Crippen LogP contribution in [-0.2, 0) is 0 Å². The van der Waals surface area contributed by atoms with Crippen molar-refractivity contribution < 1.29 is 4.79 Å². The molecule has 0 bridgehead atoms. The first-order chi connectivity index (χ1) is 7.83. The number of hydrogen-bond acceptors (Lipinski definition) is 2. The van der Waals surface area contributed by atoms with Crippen molar-refractivity contribution in [2.75, 3.05) is 13.1 Å². The predicted octanol–water partition coefficient (Wildman–Crippen LogP) is 2.32. The number of azide groups is 1. The molecule has 90 valence electrons. The molecule has 1 fully saturated rings. The summed E-state index contributed by atoms with van der Waals surface area (Å²) in [5.41, 5.74) is 8.05. The van der Waals surface area contributed by atoms with Gasteiger partial charge in [0.1, 0.15) is 0 Å². The number of carbonyl (C=O) groups excluding carboxylic acids is 1. The second kappa shape index (κ2) is 7.82. The van der Waals surface area contributed by atoms with E-state index in [2.05, 4.69) is 20.7 Å². The Hall–Kier alpha value is -1.42. The normalized spacial score (nSPS) is 15.5. The molecule has 16 heavy (non-hydrogen) atoms. The molecule has 1 rings (SSSR count). The van der Waals surface area contributed by atoms with Crippen LogP contribution in [0, 0.1) is 0 Å². The molecule has 1 aliphatic rings. The van der Waals surface area contributed by atoms with Crippen molar-refractivity contribution in [1.82, 2.24) is 10.6 Å². The first kappa shape index (κ1) is 12.6. The molecule has 1 aliphatic carbocycles. The second-order valence-electron chi connectivity index (χ2n) is 4.04. The summed E-state index contributed by atoms with van der Waals surface area (Å²) in [6.07, 6.45) is 6.30. The Morgan fingerprint density at radius 1 is 1.38 bits per heavy atom. The Balaban J connectivity index is 1.95. The third-order valence-electron chi connectivity index (χ3n) is 2.72. The maximum atomic E-state index is 11.4. The Kier molecular flexibility index (Phi) is 6.18. The highest BCUT2D eigenvalue weighted by Crippen LogP contribution is 2.17. The number of urea groups is 1. The molecule has 6 heteroatoms. The molecule has 0 radical (unpaired) electrons. The van der Waals surface area contributed by atoms with Crippen LogP contribution in [0.2, 0.25) is 0 Å². The van der Waals surface area contributed by atoms with E-state index in [0.717, 1.165) is 25.7 Å². The molecular weight excluding hydrogens is 206 g/mol. The monoisotopic (exact) mass is 225 g/mol. The Morgan fingerprint density at radius 2 is 2.12 bits per heavy atom. The molecule has 1 saturated carbocycles. The van der Waals surface area contributed by atoms with Gasteiger partial charge in [-0.05, 0) is 31.2 Å². The average Bonchev–Trinajstić information content (AvgIpc) is 2.76. The van der Waals surface area contributed by atoms with Gasteiger partial charge in [0.15, 0.2) is 0 Å². The van der Waals surface area contributed by atoms with Crippen LogP contribution in [0.1, 0.15) is 38.5 Å². The van der Waals surface area contributed by atoms with Crippen molar-refractivity contribution >= 4 is 6.03 Å². The number of carbonyl (C=O) groups is 1. The highest BCUT2D eigenvalue weighted by molar-refractivity contribution is 5.74. The van der Waals surface area contributed by atoms with E-state index < -0.39 is 0 Å². The standard InChI is InChI=1S/C10H19N5O/c11-15-13-8-4-3-7-12-10(16)14-9-5-1-2-6-9/h9H,1-8H2,(H2,12,14,16). The summed E-state index contributed by atoms with van der Waals surface area (Å²) in [7, 11) is 0. The van der Waals surface area contributed by atoms with E-state index in [1.807, 2.05) is 0 Å². The van der Waals surface area contributed by atoms with Crippen molar-refractivity contribution in [1.29, 1.82) is 0 Å². The number of nitrogens with one attached hydrogen (secondary N) is 2. The summed E-state index contributed by atoms with van der Waals surface area (Å²) < 4.78 is 0. The summed E-state index contributed by atoms with van der Waals surface area (Å²) in [6, 6.07) is 0.291. The van der Waals surface area contributed by atoms with Crippen molar-refractivity contribution in [2.45, 2.75) is 44.6 Å². The van der Waals surface area contributed by atoms with Gasteiger partial charge in [0.2, 0.25) is 0 Å². The highest BCUT2D eigenvalue weighted by atomic mass is 16.2. The number of hydrogen-bond donors (Lipinski definition) is 2. The lowest BCUT2D eigenvalue weighted by molar-refractivity contribution is 0.237. The van der Waals surface area contributed by atoms with Crippen LogP contribution in [0.4, 0.5) is 4.79 Å². The van der Waals surface area contributed by atoms with E-state index >= 15 is 0 Å². The van der Waals surface area contributed by atoms with E-state index in [4.69, 9.17) is 5.53 Å². The maximum Gasteiger partial charge on any atom is 0.315 e. The molecule has 0 spiro atoms. The minimum absolute atomic E-state index is 0.0734. The molecule has 0 aromatic rings. The van der Waals surface area contributed by atoms with Gasteiger partial charge in [-0.15, -0.1) is 0 Å². The molecule has 0 atom stereocenters. The van der Waals surface area contributed by atoms with Crippen LogP contribution in [0.3, 0.4) is 0 Å². The Labute approximate surface area is 95.4 Å². The number of unbranched alkanes of at least 4 members (excludes halogenated alkanes) is 1. The lowest BCUT2D eigenvalue weighted by Crippen LogP contribution is -2.41. The summed E-state index contributed by atoms with van der Waals surface area (Å²) in [6.45, 7) is 1.14. The summed E-state index contributed by atoms with van der Waals surface area (Å²) in [4.78, 5) is 14.0. The molecular formula is C10H19N5O. The molecule has 0 saturated heterocycles. The topological polar surface area (TPSA) is 89.9 Å². The number of nitrogens with zero attached hydrogens (tertiary/aromatic N) is 3. The van der Waals surface area contributed by atoms with Gasteiger partial charge in [0, 0.05) is 24.0 Å². The zero-order valence-electron chi connectivity index (χ0n) is 9.48. The third kappa shape index (κ3) is 5.46. The molecule has 0 aromatic carbocycles. The van der Waals surface area contributed by atoms with Crippen LogP contribution in [0.15, 0.2) is 5.11 Å². The lowest BCUT2D eigenvalue weighted by atomic mass is 10.2. The zero-order valence-corrected chi connectivity index (χ0v) is 9.48. The SMILES string of the molecule is [N-]=[N+]=NCCCCNC(=O)NC1CCCC1. The van der Waals surface area contributed by atoms with Crippen molar-refractivity contribution in [3.8, 4) is 0 Å². The van der Waals surface area contributed by atoms with Gasteiger partial charge in [-0.2, -0.15) is 0 Å². The summed E-state index contributed by atoms with van der Waals surface area (Å²) in [5, 5.41) is 9.17. The Bertz CT molecular complexity index is 256. The molecule has 6 nitrogen and oxygen atoms in total. The second-order valence-corrected chi connectivity index (χ2v) is 4.04. The zero-order chi connectivity index (χ0) is 11.6. The number of amides is 2. The highest BCUT2D eigenvalue weighted by Gasteiger charge is 2.16. The van der Waals surface area contributed by atoms with E-state index in [9.17, 15) is 4.79 Å². The van der Waals surface area contributed by atoms with Gasteiger partial charge in [-0.25, -0.2) is 4.79 Å². The fraction of sp³-hybridized carbons (Fsp3) is 0.900. The van der Waals surface area contributed by atoms with Crippen molar-refractivity contribution in [3.63, 3.8) is 0 Å². The smallest absolute Gasteiger partial charge is 0.315 e. The average molecular weight is 225 g/mol. The van der Waals surface area contributed by atoms with Crippen molar-refractivity contribution in [2.24, 2.45) is 5.11 Å². The van der Waals surface area contributed by atoms with E-state index in [1.54, 1.807) is 0 Å². The summed E-state index contributed by atoms with van der Waals surface area (Å²) in [5.74, 6) is 0. The van der Waals surface area contributed by atoms with Gasteiger partial charge >= 0.3 is 6.03 Å². The predicted molar refractivity (Wildman–Crippen MR) is 62.0 cm³/mol. The van der Waals surface area contributed by atoms with Crippen LogP contribution in [0.5, 0.6) is 0 Å². The Morgan fingerprint density at radius 3 is 2.81 bits per heavy atom. The molecule has 0 aliphatic heterocycles.